The molecule has 20 heavy (non-hydrogen) atoms. The van der Waals surface area contributed by atoms with Gasteiger partial charge in [-0.2, -0.15) is 4.98 Å². The molecule has 2 heterocycles. The van der Waals surface area contributed by atoms with Crippen LogP contribution in [0.1, 0.15) is 36.0 Å². The highest BCUT2D eigenvalue weighted by Crippen LogP contribution is 2.24. The minimum atomic E-state index is 0.405. The number of methoxy groups -OCH3 is 1. The smallest absolute Gasteiger partial charge is 0.229 e. The van der Waals surface area contributed by atoms with Crippen LogP contribution in [0.4, 0.5) is 0 Å². The van der Waals surface area contributed by atoms with Crippen molar-refractivity contribution < 1.29 is 9.26 Å². The van der Waals surface area contributed by atoms with Crippen LogP contribution in [0.25, 0.3) is 0 Å². The molecule has 5 heteroatoms. The molecule has 0 aliphatic carbocycles. The van der Waals surface area contributed by atoms with Crippen molar-refractivity contribution in [3.8, 4) is 5.75 Å². The van der Waals surface area contributed by atoms with Gasteiger partial charge in [0.15, 0.2) is 5.82 Å². The predicted molar refractivity (Wildman–Crippen MR) is 74.9 cm³/mol. The summed E-state index contributed by atoms with van der Waals surface area (Å²) in [7, 11) is 1.67. The van der Waals surface area contributed by atoms with Gasteiger partial charge in [-0.3, -0.25) is 0 Å². The van der Waals surface area contributed by atoms with Crippen LogP contribution in [-0.2, 0) is 6.42 Å². The molecule has 0 spiro atoms. The molecule has 0 amide bonds. The number of piperidine rings is 1. The second-order valence-electron chi connectivity index (χ2n) is 5.10. The maximum Gasteiger partial charge on any atom is 0.229 e. The molecule has 1 aromatic heterocycles. The van der Waals surface area contributed by atoms with Gasteiger partial charge >= 0.3 is 0 Å². The molecule has 0 atom stereocenters. The maximum atomic E-state index is 5.41. The van der Waals surface area contributed by atoms with E-state index < -0.39 is 0 Å². The lowest BCUT2D eigenvalue weighted by Gasteiger charge is -2.18. The minimum Gasteiger partial charge on any atom is -0.497 e. The average Bonchev–Trinajstić information content (AvgIpc) is 2.97. The fraction of sp³-hybridized carbons (Fsp3) is 0.467. The number of aromatic nitrogens is 2. The summed E-state index contributed by atoms with van der Waals surface area (Å²) in [6.45, 7) is 2.05. The van der Waals surface area contributed by atoms with Gasteiger partial charge in [0.1, 0.15) is 5.75 Å². The number of rotatable bonds is 4. The molecule has 0 bridgehead atoms. The molecule has 106 valence electrons. The van der Waals surface area contributed by atoms with E-state index >= 15 is 0 Å². The van der Waals surface area contributed by atoms with Crippen LogP contribution in [0, 0.1) is 0 Å². The van der Waals surface area contributed by atoms with Crippen LogP contribution < -0.4 is 10.1 Å². The fourth-order valence-corrected chi connectivity index (χ4v) is 2.54. The van der Waals surface area contributed by atoms with Crippen LogP contribution in [0.5, 0.6) is 5.75 Å². The highest BCUT2D eigenvalue weighted by molar-refractivity contribution is 5.30. The van der Waals surface area contributed by atoms with Gasteiger partial charge in [0.25, 0.3) is 0 Å². The Labute approximate surface area is 118 Å². The van der Waals surface area contributed by atoms with Gasteiger partial charge in [-0.15, -0.1) is 0 Å². The fourth-order valence-electron chi connectivity index (χ4n) is 2.54. The van der Waals surface area contributed by atoms with E-state index in [1.165, 1.54) is 0 Å². The zero-order valence-electron chi connectivity index (χ0n) is 11.6. The summed E-state index contributed by atoms with van der Waals surface area (Å²) >= 11 is 0. The molecule has 0 saturated carbocycles. The maximum absolute atomic E-state index is 5.41. The molecule has 1 N–H and O–H groups in total. The van der Waals surface area contributed by atoms with E-state index in [-0.39, 0.29) is 0 Å². The van der Waals surface area contributed by atoms with Gasteiger partial charge in [0.2, 0.25) is 5.89 Å². The van der Waals surface area contributed by atoms with Crippen molar-refractivity contribution in [2.24, 2.45) is 0 Å². The molecule has 1 saturated heterocycles. The highest BCUT2D eigenvalue weighted by atomic mass is 16.5. The lowest BCUT2D eigenvalue weighted by atomic mass is 9.98. The van der Waals surface area contributed by atoms with Crippen molar-refractivity contribution in [2.75, 3.05) is 20.2 Å². The minimum absolute atomic E-state index is 0.405. The van der Waals surface area contributed by atoms with Crippen molar-refractivity contribution >= 4 is 0 Å². The lowest BCUT2D eigenvalue weighted by Crippen LogP contribution is -2.26. The van der Waals surface area contributed by atoms with E-state index in [1.807, 2.05) is 24.3 Å². The number of nitrogens with zero attached hydrogens (tertiary/aromatic N) is 2. The standard InChI is InChI=1S/C15H19N3O2/c1-19-13-4-2-3-11(9-13)10-14-17-15(20-18-14)12-5-7-16-8-6-12/h2-4,9,12,16H,5-8,10H2,1H3. The van der Waals surface area contributed by atoms with Crippen LogP contribution >= 0.6 is 0 Å². The van der Waals surface area contributed by atoms with Gasteiger partial charge in [-0.1, -0.05) is 17.3 Å². The summed E-state index contributed by atoms with van der Waals surface area (Å²) in [6, 6.07) is 7.95. The van der Waals surface area contributed by atoms with Crippen molar-refractivity contribution in [2.45, 2.75) is 25.2 Å². The van der Waals surface area contributed by atoms with Crippen LogP contribution in [0.15, 0.2) is 28.8 Å². The zero-order chi connectivity index (χ0) is 13.8. The van der Waals surface area contributed by atoms with Crippen molar-refractivity contribution in [3.05, 3.63) is 41.5 Å². The summed E-state index contributed by atoms with van der Waals surface area (Å²) in [4.78, 5) is 4.54. The quantitative estimate of drug-likeness (QED) is 0.924. The van der Waals surface area contributed by atoms with Crippen LogP contribution in [-0.4, -0.2) is 30.3 Å². The van der Waals surface area contributed by atoms with Gasteiger partial charge in [-0.25, -0.2) is 0 Å². The molecule has 0 unspecified atom stereocenters. The highest BCUT2D eigenvalue weighted by Gasteiger charge is 2.21. The molecular weight excluding hydrogens is 254 g/mol. The van der Waals surface area contributed by atoms with E-state index in [4.69, 9.17) is 9.26 Å². The summed E-state index contributed by atoms with van der Waals surface area (Å²) < 4.78 is 10.6. The van der Waals surface area contributed by atoms with Crippen LogP contribution in [0.3, 0.4) is 0 Å². The first-order valence-electron chi connectivity index (χ1n) is 7.01. The monoisotopic (exact) mass is 273 g/mol. The Hall–Kier alpha value is -1.88. The number of ether oxygens (including phenoxy) is 1. The van der Waals surface area contributed by atoms with Crippen molar-refractivity contribution in [1.29, 1.82) is 0 Å². The van der Waals surface area contributed by atoms with E-state index in [2.05, 4.69) is 15.5 Å². The largest absolute Gasteiger partial charge is 0.497 e. The number of benzene rings is 1. The summed E-state index contributed by atoms with van der Waals surface area (Å²) in [6.07, 6.45) is 2.81. The first-order valence-corrected chi connectivity index (χ1v) is 7.01. The molecule has 1 aliphatic rings. The first kappa shape index (κ1) is 13.1. The van der Waals surface area contributed by atoms with Gasteiger partial charge in [0, 0.05) is 12.3 Å². The zero-order valence-corrected chi connectivity index (χ0v) is 11.6. The molecule has 2 aromatic rings. The number of nitrogens with one attached hydrogen (secondary N) is 1. The second-order valence-corrected chi connectivity index (χ2v) is 5.10. The molecule has 3 rings (SSSR count). The van der Waals surface area contributed by atoms with E-state index in [1.54, 1.807) is 7.11 Å². The van der Waals surface area contributed by atoms with Crippen molar-refractivity contribution in [3.63, 3.8) is 0 Å². The van der Waals surface area contributed by atoms with Gasteiger partial charge in [-0.05, 0) is 43.6 Å². The predicted octanol–water partition coefficient (Wildman–Crippen LogP) is 2.14. The SMILES string of the molecule is COc1cccc(Cc2noc(C3CCNCC3)n2)c1. The van der Waals surface area contributed by atoms with Crippen LogP contribution in [0.2, 0.25) is 0 Å². The normalized spacial score (nSPS) is 16.2. The molecule has 1 aromatic carbocycles. The number of hydrogen-bond donors (Lipinski definition) is 1. The van der Waals surface area contributed by atoms with E-state index in [0.717, 1.165) is 49.0 Å². The van der Waals surface area contributed by atoms with E-state index in [9.17, 15) is 0 Å². The lowest BCUT2D eigenvalue weighted by molar-refractivity contribution is 0.318. The Morgan fingerprint density at radius 2 is 2.20 bits per heavy atom. The first-order chi connectivity index (χ1) is 9.85. The Bertz CT molecular complexity index is 562. The average molecular weight is 273 g/mol. The number of hydrogen-bond acceptors (Lipinski definition) is 5. The molecule has 1 fully saturated rings. The van der Waals surface area contributed by atoms with Gasteiger partial charge < -0.3 is 14.6 Å². The molecular formula is C15H19N3O2. The third kappa shape index (κ3) is 2.99. The Kier molecular flexibility index (Phi) is 3.97. The molecule has 0 radical (unpaired) electrons. The Balaban J connectivity index is 1.70. The van der Waals surface area contributed by atoms with Crippen molar-refractivity contribution in [1.82, 2.24) is 15.5 Å². The summed E-state index contributed by atoms with van der Waals surface area (Å²) in [5.41, 5.74) is 1.13. The summed E-state index contributed by atoms with van der Waals surface area (Å²) in [5.74, 6) is 2.78. The summed E-state index contributed by atoms with van der Waals surface area (Å²) in [5, 5.41) is 7.43. The topological polar surface area (TPSA) is 60.2 Å². The van der Waals surface area contributed by atoms with Gasteiger partial charge in [0.05, 0.1) is 7.11 Å². The molecule has 5 nitrogen and oxygen atoms in total. The third-order valence-electron chi connectivity index (χ3n) is 3.67. The second kappa shape index (κ2) is 6.05. The van der Waals surface area contributed by atoms with E-state index in [0.29, 0.717) is 12.3 Å². The Morgan fingerprint density at radius 1 is 1.35 bits per heavy atom. The molecule has 1 aliphatic heterocycles. The third-order valence-corrected chi connectivity index (χ3v) is 3.67. The Morgan fingerprint density at radius 3 is 3.00 bits per heavy atom.